The second-order valence-corrected chi connectivity index (χ2v) is 2.79. The number of hydrogen-bond donors (Lipinski definition) is 5. The molecule has 0 aliphatic heterocycles. The largest absolute Gasteiger partial charge is 0.480 e. The number of nitrogens with two attached hydrogens (primary N) is 1. The molecule has 0 fully saturated rings. The molecule has 0 spiro atoms. The van der Waals surface area contributed by atoms with Crippen molar-refractivity contribution in [1.29, 1.82) is 0 Å². The topological polar surface area (TPSA) is 133 Å². The van der Waals surface area contributed by atoms with Crippen LogP contribution in [0.25, 0.3) is 0 Å². The standard InChI is InChI=1S/C7H14N2O5/c8-5(7(13)14)1-6(12)9-2-4(11)3-10/h4-5,10-11H,1-3,8H2,(H,9,12)(H,13,14)/t4?,5-/m0/s1. The van der Waals surface area contributed by atoms with Crippen LogP contribution in [0.15, 0.2) is 0 Å². The molecule has 14 heavy (non-hydrogen) atoms. The monoisotopic (exact) mass is 206 g/mol. The molecule has 2 atom stereocenters. The van der Waals surface area contributed by atoms with Gasteiger partial charge in [0.15, 0.2) is 0 Å². The molecule has 0 aromatic rings. The van der Waals surface area contributed by atoms with Gasteiger partial charge in [0.25, 0.3) is 0 Å². The van der Waals surface area contributed by atoms with Crippen molar-refractivity contribution in [3.63, 3.8) is 0 Å². The molecule has 0 bridgehead atoms. The quantitative estimate of drug-likeness (QED) is 0.320. The third-order valence-corrected chi connectivity index (χ3v) is 1.47. The lowest BCUT2D eigenvalue weighted by Crippen LogP contribution is -2.40. The molecule has 1 amide bonds. The number of rotatable bonds is 6. The normalized spacial score (nSPS) is 14.5. The molecule has 0 aromatic carbocycles. The van der Waals surface area contributed by atoms with E-state index >= 15 is 0 Å². The second-order valence-electron chi connectivity index (χ2n) is 2.79. The number of carboxylic acids is 1. The smallest absolute Gasteiger partial charge is 0.321 e. The summed E-state index contributed by atoms with van der Waals surface area (Å²) >= 11 is 0. The van der Waals surface area contributed by atoms with E-state index < -0.39 is 30.6 Å². The highest BCUT2D eigenvalue weighted by molar-refractivity contribution is 5.84. The number of carbonyl (C=O) groups is 2. The van der Waals surface area contributed by atoms with E-state index in [4.69, 9.17) is 21.1 Å². The predicted octanol–water partition coefficient (Wildman–Crippen LogP) is -2.74. The molecule has 1 unspecified atom stereocenters. The zero-order valence-electron chi connectivity index (χ0n) is 7.51. The Kier molecular flexibility index (Phi) is 5.77. The lowest BCUT2D eigenvalue weighted by molar-refractivity contribution is -0.140. The number of nitrogens with one attached hydrogen (secondary N) is 1. The van der Waals surface area contributed by atoms with Crippen LogP contribution in [-0.2, 0) is 9.59 Å². The van der Waals surface area contributed by atoms with Crippen molar-refractivity contribution in [2.45, 2.75) is 18.6 Å². The second kappa shape index (κ2) is 6.30. The summed E-state index contributed by atoms with van der Waals surface area (Å²) in [4.78, 5) is 21.2. The van der Waals surface area contributed by atoms with Gasteiger partial charge in [0.05, 0.1) is 19.1 Å². The maximum Gasteiger partial charge on any atom is 0.321 e. The van der Waals surface area contributed by atoms with Crippen molar-refractivity contribution in [2.75, 3.05) is 13.2 Å². The molecule has 0 saturated heterocycles. The van der Waals surface area contributed by atoms with Crippen LogP contribution in [0.3, 0.4) is 0 Å². The van der Waals surface area contributed by atoms with Gasteiger partial charge < -0.3 is 26.4 Å². The highest BCUT2D eigenvalue weighted by atomic mass is 16.4. The fraction of sp³-hybridized carbons (Fsp3) is 0.714. The first-order valence-corrected chi connectivity index (χ1v) is 4.01. The van der Waals surface area contributed by atoms with Gasteiger partial charge in [-0.3, -0.25) is 9.59 Å². The number of carbonyl (C=O) groups excluding carboxylic acids is 1. The molecule has 6 N–H and O–H groups in total. The summed E-state index contributed by atoms with van der Waals surface area (Å²) in [5.74, 6) is -1.84. The Hall–Kier alpha value is -1.18. The van der Waals surface area contributed by atoms with Gasteiger partial charge in [-0.2, -0.15) is 0 Å². The molecule has 0 saturated carbocycles. The van der Waals surface area contributed by atoms with Gasteiger partial charge in [-0.25, -0.2) is 0 Å². The lowest BCUT2D eigenvalue weighted by atomic mass is 10.2. The zero-order valence-corrected chi connectivity index (χ0v) is 7.51. The minimum atomic E-state index is -1.26. The van der Waals surface area contributed by atoms with Crippen LogP contribution in [0.5, 0.6) is 0 Å². The summed E-state index contributed by atoms with van der Waals surface area (Å²) < 4.78 is 0. The van der Waals surface area contributed by atoms with E-state index in [-0.39, 0.29) is 13.0 Å². The molecule has 0 aliphatic carbocycles. The average Bonchev–Trinajstić information content (AvgIpc) is 2.13. The van der Waals surface area contributed by atoms with Crippen molar-refractivity contribution in [1.82, 2.24) is 5.32 Å². The van der Waals surface area contributed by atoms with E-state index in [0.29, 0.717) is 0 Å². The maximum absolute atomic E-state index is 10.9. The van der Waals surface area contributed by atoms with Gasteiger partial charge in [-0.05, 0) is 0 Å². The summed E-state index contributed by atoms with van der Waals surface area (Å²) in [5.41, 5.74) is 5.08. The summed E-state index contributed by atoms with van der Waals surface area (Å²) in [6.45, 7) is -0.590. The summed E-state index contributed by atoms with van der Waals surface area (Å²) in [7, 11) is 0. The lowest BCUT2D eigenvalue weighted by Gasteiger charge is -2.10. The van der Waals surface area contributed by atoms with Crippen LogP contribution < -0.4 is 11.1 Å². The van der Waals surface area contributed by atoms with E-state index in [1.807, 2.05) is 0 Å². The third kappa shape index (κ3) is 5.46. The van der Waals surface area contributed by atoms with Gasteiger partial charge in [0.1, 0.15) is 6.04 Å². The van der Waals surface area contributed by atoms with Crippen molar-refractivity contribution in [3.05, 3.63) is 0 Å². The van der Waals surface area contributed by atoms with Crippen molar-refractivity contribution in [2.24, 2.45) is 5.73 Å². The van der Waals surface area contributed by atoms with E-state index in [1.54, 1.807) is 0 Å². The molecule has 0 heterocycles. The Morgan fingerprint density at radius 2 is 2.00 bits per heavy atom. The molecule has 7 nitrogen and oxygen atoms in total. The van der Waals surface area contributed by atoms with E-state index in [2.05, 4.69) is 5.32 Å². The number of aliphatic hydroxyl groups is 2. The van der Waals surface area contributed by atoms with Crippen LogP contribution in [0, 0.1) is 0 Å². The molecule has 0 aromatic heterocycles. The van der Waals surface area contributed by atoms with E-state index in [0.717, 1.165) is 0 Å². The molecule has 7 heteroatoms. The number of aliphatic hydroxyl groups excluding tert-OH is 2. The summed E-state index contributed by atoms with van der Waals surface area (Å²) in [5, 5.41) is 27.8. The van der Waals surface area contributed by atoms with Gasteiger partial charge >= 0.3 is 5.97 Å². The Morgan fingerprint density at radius 1 is 1.43 bits per heavy atom. The molecular weight excluding hydrogens is 192 g/mol. The average molecular weight is 206 g/mol. The first kappa shape index (κ1) is 12.8. The Balaban J connectivity index is 3.71. The Bertz CT molecular complexity index is 208. The van der Waals surface area contributed by atoms with Gasteiger partial charge in [0, 0.05) is 6.54 Å². The molecule has 0 rings (SSSR count). The number of hydrogen-bond acceptors (Lipinski definition) is 5. The van der Waals surface area contributed by atoms with Crippen molar-refractivity contribution >= 4 is 11.9 Å². The highest BCUT2D eigenvalue weighted by Gasteiger charge is 2.16. The molecular formula is C7H14N2O5. The summed E-state index contributed by atoms with van der Waals surface area (Å²) in [6, 6.07) is -1.25. The predicted molar refractivity (Wildman–Crippen MR) is 46.3 cm³/mol. The fourth-order valence-corrected chi connectivity index (χ4v) is 0.655. The van der Waals surface area contributed by atoms with Crippen LogP contribution in [0.1, 0.15) is 6.42 Å². The van der Waals surface area contributed by atoms with Gasteiger partial charge in [-0.1, -0.05) is 0 Å². The van der Waals surface area contributed by atoms with Crippen LogP contribution in [0.2, 0.25) is 0 Å². The van der Waals surface area contributed by atoms with Crippen molar-refractivity contribution < 1.29 is 24.9 Å². The zero-order chi connectivity index (χ0) is 11.1. The molecule has 82 valence electrons. The number of carboxylic acid groups (broad SMARTS) is 1. The fourth-order valence-electron chi connectivity index (χ4n) is 0.655. The van der Waals surface area contributed by atoms with Gasteiger partial charge in [0.2, 0.25) is 5.91 Å². The van der Waals surface area contributed by atoms with E-state index in [9.17, 15) is 9.59 Å². The molecule has 0 aliphatic rings. The minimum absolute atomic E-state index is 0.123. The Labute approximate surface area is 80.5 Å². The Morgan fingerprint density at radius 3 is 2.43 bits per heavy atom. The SMILES string of the molecule is N[C@@H](CC(=O)NCC(O)CO)C(=O)O. The number of aliphatic carboxylic acids is 1. The highest BCUT2D eigenvalue weighted by Crippen LogP contribution is 1.88. The molecule has 0 radical (unpaired) electrons. The first-order valence-electron chi connectivity index (χ1n) is 4.01. The van der Waals surface area contributed by atoms with Crippen LogP contribution in [-0.4, -0.2) is 52.5 Å². The van der Waals surface area contributed by atoms with Crippen LogP contribution >= 0.6 is 0 Å². The van der Waals surface area contributed by atoms with Crippen molar-refractivity contribution in [3.8, 4) is 0 Å². The summed E-state index contributed by atoms with van der Waals surface area (Å²) in [6.07, 6.45) is -1.40. The first-order chi connectivity index (χ1) is 6.47. The maximum atomic E-state index is 10.9. The van der Waals surface area contributed by atoms with Crippen LogP contribution in [0.4, 0.5) is 0 Å². The van der Waals surface area contributed by atoms with Gasteiger partial charge in [-0.15, -0.1) is 0 Å². The third-order valence-electron chi connectivity index (χ3n) is 1.47. The minimum Gasteiger partial charge on any atom is -0.480 e. The number of amides is 1. The van der Waals surface area contributed by atoms with E-state index in [1.165, 1.54) is 0 Å².